The van der Waals surface area contributed by atoms with E-state index in [4.69, 9.17) is 49.6 Å². The minimum Gasteiger partial charge on any atom is -0.497 e. The molecule has 0 bridgehead atoms. The number of hydrogen-bond acceptors (Lipinski definition) is 6. The van der Waals surface area contributed by atoms with E-state index in [-0.39, 0.29) is 12.5 Å². The van der Waals surface area contributed by atoms with Crippen molar-refractivity contribution in [2.45, 2.75) is 0 Å². The molecule has 1 aliphatic rings. The number of thioether (sulfide) groups is 1. The molecule has 2 aromatic rings. The maximum Gasteiger partial charge on any atom is 0.263 e. The molecular formula is C19H15Cl2NO4S2. The zero-order chi connectivity index (χ0) is 20.1. The van der Waals surface area contributed by atoms with E-state index in [0.717, 1.165) is 0 Å². The molecular weight excluding hydrogens is 441 g/mol. The molecule has 9 heteroatoms. The van der Waals surface area contributed by atoms with E-state index in [0.29, 0.717) is 48.7 Å². The van der Waals surface area contributed by atoms with Crippen LogP contribution < -0.4 is 19.5 Å². The number of rotatable bonds is 7. The number of amides is 1. The highest BCUT2D eigenvalue weighted by Crippen LogP contribution is 2.36. The van der Waals surface area contributed by atoms with Gasteiger partial charge in [0.05, 0.1) is 17.0 Å². The highest BCUT2D eigenvalue weighted by atomic mass is 35.5. The average Bonchev–Trinajstić information content (AvgIpc) is 2.97. The zero-order valence-electron chi connectivity index (χ0n) is 14.7. The van der Waals surface area contributed by atoms with Gasteiger partial charge >= 0.3 is 0 Å². The summed E-state index contributed by atoms with van der Waals surface area (Å²) in [5, 5.41) is 3.34. The molecule has 3 rings (SSSR count). The van der Waals surface area contributed by atoms with Crippen LogP contribution in [-0.2, 0) is 4.79 Å². The molecule has 0 atom stereocenters. The van der Waals surface area contributed by atoms with Crippen molar-refractivity contribution in [3.63, 3.8) is 0 Å². The number of benzene rings is 2. The maximum absolute atomic E-state index is 11.9. The Balaban J connectivity index is 1.70. The molecule has 0 radical (unpaired) electrons. The first-order chi connectivity index (χ1) is 13.5. The molecule has 1 N–H and O–H groups in total. The van der Waals surface area contributed by atoms with Crippen molar-refractivity contribution in [3.8, 4) is 17.2 Å². The fraction of sp³-hybridized carbons (Fsp3) is 0.158. The van der Waals surface area contributed by atoms with Crippen LogP contribution >= 0.6 is 47.2 Å². The third-order valence-electron chi connectivity index (χ3n) is 3.61. The first kappa shape index (κ1) is 20.8. The van der Waals surface area contributed by atoms with Crippen molar-refractivity contribution in [1.29, 1.82) is 0 Å². The first-order valence-corrected chi connectivity index (χ1v) is 10.1. The quantitative estimate of drug-likeness (QED) is 0.362. The first-order valence-electron chi connectivity index (χ1n) is 8.10. The second kappa shape index (κ2) is 9.52. The summed E-state index contributed by atoms with van der Waals surface area (Å²) in [6.45, 7) is 0.536. The Labute approximate surface area is 181 Å². The van der Waals surface area contributed by atoms with E-state index < -0.39 is 0 Å². The van der Waals surface area contributed by atoms with Gasteiger partial charge in [-0.3, -0.25) is 4.79 Å². The van der Waals surface area contributed by atoms with Gasteiger partial charge in [-0.1, -0.05) is 53.2 Å². The van der Waals surface area contributed by atoms with Gasteiger partial charge in [-0.15, -0.1) is 0 Å². The smallest absolute Gasteiger partial charge is 0.263 e. The average molecular weight is 456 g/mol. The summed E-state index contributed by atoms with van der Waals surface area (Å²) in [5.41, 5.74) is 0.584. The summed E-state index contributed by atoms with van der Waals surface area (Å²) in [5.74, 6) is 1.52. The largest absolute Gasteiger partial charge is 0.497 e. The van der Waals surface area contributed by atoms with Crippen molar-refractivity contribution >= 4 is 63.5 Å². The highest BCUT2D eigenvalue weighted by Gasteiger charge is 2.23. The number of ether oxygens (including phenoxy) is 3. The number of hydrogen-bond donors (Lipinski definition) is 1. The van der Waals surface area contributed by atoms with Crippen LogP contribution in [-0.4, -0.2) is 30.6 Å². The Morgan fingerprint density at radius 2 is 1.89 bits per heavy atom. The van der Waals surface area contributed by atoms with Crippen LogP contribution in [0.15, 0.2) is 41.3 Å². The van der Waals surface area contributed by atoms with Crippen molar-refractivity contribution < 1.29 is 19.0 Å². The lowest BCUT2D eigenvalue weighted by molar-refractivity contribution is -0.115. The van der Waals surface area contributed by atoms with Gasteiger partial charge in [-0.05, 0) is 30.3 Å². The van der Waals surface area contributed by atoms with Gasteiger partial charge in [0.15, 0.2) is 0 Å². The Bertz CT molecular complexity index is 950. The molecule has 0 spiro atoms. The highest BCUT2D eigenvalue weighted by molar-refractivity contribution is 8.26. The Kier molecular flexibility index (Phi) is 7.07. The molecule has 1 aliphatic heterocycles. The van der Waals surface area contributed by atoms with Gasteiger partial charge in [0.2, 0.25) is 0 Å². The number of carbonyl (C=O) groups excluding carboxylic acids is 1. The maximum atomic E-state index is 11.9. The summed E-state index contributed by atoms with van der Waals surface area (Å²) in [7, 11) is 1.59. The van der Waals surface area contributed by atoms with E-state index in [2.05, 4.69) is 5.32 Å². The molecule has 28 heavy (non-hydrogen) atoms. The molecule has 2 aromatic carbocycles. The lowest BCUT2D eigenvalue weighted by atomic mass is 10.2. The number of carbonyl (C=O) groups is 1. The van der Waals surface area contributed by atoms with Gasteiger partial charge < -0.3 is 19.5 Å². The van der Waals surface area contributed by atoms with Crippen LogP contribution in [0.2, 0.25) is 10.0 Å². The molecule has 0 unspecified atom stereocenters. The van der Waals surface area contributed by atoms with Crippen LogP contribution in [0, 0.1) is 0 Å². The van der Waals surface area contributed by atoms with Gasteiger partial charge in [0.1, 0.15) is 34.8 Å². The second-order valence-corrected chi connectivity index (χ2v) is 8.10. The third kappa shape index (κ3) is 5.32. The van der Waals surface area contributed by atoms with Gasteiger partial charge in [0, 0.05) is 16.7 Å². The summed E-state index contributed by atoms with van der Waals surface area (Å²) >= 11 is 18.6. The fourth-order valence-corrected chi connectivity index (χ4v) is 4.00. The monoisotopic (exact) mass is 455 g/mol. The van der Waals surface area contributed by atoms with E-state index in [1.807, 2.05) is 18.2 Å². The van der Waals surface area contributed by atoms with Gasteiger partial charge in [-0.2, -0.15) is 0 Å². The summed E-state index contributed by atoms with van der Waals surface area (Å²) in [6.07, 6.45) is 1.65. The van der Waals surface area contributed by atoms with E-state index in [1.54, 1.807) is 31.4 Å². The Hall–Kier alpha value is -1.93. The molecule has 0 saturated carbocycles. The third-order valence-corrected chi connectivity index (χ3v) is 5.27. The molecule has 1 amide bonds. The summed E-state index contributed by atoms with van der Waals surface area (Å²) in [4.78, 5) is 12.4. The SMILES string of the molecule is COc1cccc(OCCOc2c(Cl)cc(Cl)cc2/C=C2\SC(=S)NC2=O)c1. The fourth-order valence-electron chi connectivity index (χ4n) is 2.40. The Morgan fingerprint density at radius 1 is 1.14 bits per heavy atom. The predicted molar refractivity (Wildman–Crippen MR) is 117 cm³/mol. The number of thiocarbonyl (C=S) groups is 1. The zero-order valence-corrected chi connectivity index (χ0v) is 17.8. The van der Waals surface area contributed by atoms with Crippen LogP contribution in [0.1, 0.15) is 5.56 Å². The van der Waals surface area contributed by atoms with Crippen molar-refractivity contribution in [2.75, 3.05) is 20.3 Å². The van der Waals surface area contributed by atoms with Gasteiger partial charge in [-0.25, -0.2) is 0 Å². The molecule has 0 aromatic heterocycles. The topological polar surface area (TPSA) is 56.8 Å². The molecule has 5 nitrogen and oxygen atoms in total. The molecule has 1 fully saturated rings. The number of nitrogens with one attached hydrogen (secondary N) is 1. The lowest BCUT2D eigenvalue weighted by Crippen LogP contribution is -2.17. The lowest BCUT2D eigenvalue weighted by Gasteiger charge is -2.13. The second-order valence-electron chi connectivity index (χ2n) is 5.53. The van der Waals surface area contributed by atoms with Crippen LogP contribution in [0.5, 0.6) is 17.2 Å². The number of methoxy groups -OCH3 is 1. The molecule has 1 heterocycles. The minimum absolute atomic E-state index is 0.243. The van der Waals surface area contributed by atoms with E-state index in [1.165, 1.54) is 11.8 Å². The molecule has 146 valence electrons. The molecule has 1 saturated heterocycles. The number of halogens is 2. The van der Waals surface area contributed by atoms with E-state index in [9.17, 15) is 4.79 Å². The standard InChI is InChI=1S/C19H15Cl2NO4S2/c1-24-13-3-2-4-14(10-13)25-5-6-26-17-11(7-12(20)9-15(17)21)8-16-18(23)22-19(27)28-16/h2-4,7-10H,5-6H2,1H3,(H,22,23,27)/b16-8-. The van der Waals surface area contributed by atoms with Gasteiger partial charge in [0.25, 0.3) is 5.91 Å². The summed E-state index contributed by atoms with van der Waals surface area (Å²) < 4.78 is 17.0. The van der Waals surface area contributed by atoms with Crippen LogP contribution in [0.3, 0.4) is 0 Å². The van der Waals surface area contributed by atoms with Crippen molar-refractivity contribution in [2.24, 2.45) is 0 Å². The van der Waals surface area contributed by atoms with E-state index >= 15 is 0 Å². The van der Waals surface area contributed by atoms with Crippen molar-refractivity contribution in [1.82, 2.24) is 5.32 Å². The molecule has 0 aliphatic carbocycles. The minimum atomic E-state index is -0.265. The van der Waals surface area contributed by atoms with Crippen molar-refractivity contribution in [3.05, 3.63) is 56.9 Å². The summed E-state index contributed by atoms with van der Waals surface area (Å²) in [6, 6.07) is 10.5. The predicted octanol–water partition coefficient (Wildman–Crippen LogP) is 4.95. The van der Waals surface area contributed by atoms with Crippen LogP contribution in [0.25, 0.3) is 6.08 Å². The normalized spacial score (nSPS) is 14.9. The van der Waals surface area contributed by atoms with Crippen LogP contribution in [0.4, 0.5) is 0 Å². The Morgan fingerprint density at radius 3 is 2.61 bits per heavy atom.